The lowest BCUT2D eigenvalue weighted by Gasteiger charge is -2.09. The fourth-order valence-electron chi connectivity index (χ4n) is 2.36. The van der Waals surface area contributed by atoms with E-state index >= 15 is 0 Å². The Hall–Kier alpha value is -2.83. The number of anilines is 1. The molecule has 118 valence electrons. The summed E-state index contributed by atoms with van der Waals surface area (Å²) in [5.41, 5.74) is 2.41. The number of aryl methyl sites for hydroxylation is 2. The van der Waals surface area contributed by atoms with E-state index in [4.69, 9.17) is 0 Å². The highest BCUT2D eigenvalue weighted by Gasteiger charge is 2.19. The van der Waals surface area contributed by atoms with E-state index in [2.05, 4.69) is 25.4 Å². The number of amides is 1. The maximum atomic E-state index is 12.6. The molecule has 0 aliphatic carbocycles. The minimum Gasteiger partial charge on any atom is -0.306 e. The minimum absolute atomic E-state index is 0.186. The molecule has 0 aliphatic rings. The van der Waals surface area contributed by atoms with Crippen molar-refractivity contribution >= 4 is 17.4 Å². The van der Waals surface area contributed by atoms with E-state index in [1.165, 1.54) is 0 Å². The van der Waals surface area contributed by atoms with Crippen LogP contribution in [0.5, 0.6) is 0 Å². The molecule has 3 aromatic rings. The van der Waals surface area contributed by atoms with Gasteiger partial charge in [0, 0.05) is 30.1 Å². The Labute approximate surface area is 133 Å². The normalized spacial score (nSPS) is 11.2. The van der Waals surface area contributed by atoms with E-state index < -0.39 is 0 Å². The summed E-state index contributed by atoms with van der Waals surface area (Å²) in [6.07, 6.45) is 3.40. The summed E-state index contributed by atoms with van der Waals surface area (Å²) in [7, 11) is 0. The number of carbonyl (C=O) groups is 1. The van der Waals surface area contributed by atoms with Crippen molar-refractivity contribution in [1.82, 2.24) is 24.6 Å². The lowest BCUT2D eigenvalue weighted by Crippen LogP contribution is -2.15. The Morgan fingerprint density at radius 3 is 2.78 bits per heavy atom. The minimum atomic E-state index is -0.274. The average molecular weight is 310 g/mol. The third-order valence-corrected chi connectivity index (χ3v) is 3.43. The number of carbonyl (C=O) groups excluding carboxylic acids is 1. The van der Waals surface area contributed by atoms with Gasteiger partial charge in [-0.25, -0.2) is 19.5 Å². The van der Waals surface area contributed by atoms with Crippen molar-refractivity contribution in [3.8, 4) is 0 Å². The second-order valence-electron chi connectivity index (χ2n) is 5.71. The molecule has 3 rings (SSSR count). The third kappa shape index (κ3) is 2.90. The number of hydrogen-bond acceptors (Lipinski definition) is 5. The summed E-state index contributed by atoms with van der Waals surface area (Å²) >= 11 is 0. The summed E-state index contributed by atoms with van der Waals surface area (Å²) in [6, 6.07) is 3.52. The number of fused-ring (bicyclic) bond motifs is 1. The van der Waals surface area contributed by atoms with Crippen LogP contribution in [0.2, 0.25) is 0 Å². The van der Waals surface area contributed by atoms with Crippen molar-refractivity contribution in [2.24, 2.45) is 0 Å². The fourth-order valence-corrected chi connectivity index (χ4v) is 2.36. The van der Waals surface area contributed by atoms with Crippen LogP contribution in [0.3, 0.4) is 0 Å². The van der Waals surface area contributed by atoms with Gasteiger partial charge in [0.15, 0.2) is 5.65 Å². The van der Waals surface area contributed by atoms with E-state index in [9.17, 15) is 4.79 Å². The first-order valence-electron chi connectivity index (χ1n) is 7.42. The van der Waals surface area contributed by atoms with Gasteiger partial charge < -0.3 is 5.32 Å². The van der Waals surface area contributed by atoms with Gasteiger partial charge in [0.1, 0.15) is 17.2 Å². The molecule has 7 heteroatoms. The van der Waals surface area contributed by atoms with Crippen LogP contribution >= 0.6 is 0 Å². The molecule has 0 atom stereocenters. The summed E-state index contributed by atoms with van der Waals surface area (Å²) < 4.78 is 1.59. The van der Waals surface area contributed by atoms with E-state index in [1.807, 2.05) is 20.8 Å². The molecule has 0 saturated carbocycles. The van der Waals surface area contributed by atoms with Crippen LogP contribution in [0.1, 0.15) is 47.3 Å². The van der Waals surface area contributed by atoms with Gasteiger partial charge in [0.05, 0.1) is 5.69 Å². The number of nitrogens with one attached hydrogen (secondary N) is 1. The average Bonchev–Trinajstić information content (AvgIpc) is 2.82. The van der Waals surface area contributed by atoms with Gasteiger partial charge in [0.25, 0.3) is 5.91 Å². The second kappa shape index (κ2) is 5.75. The van der Waals surface area contributed by atoms with Crippen LogP contribution in [-0.4, -0.2) is 30.5 Å². The first-order chi connectivity index (χ1) is 11.0. The highest BCUT2D eigenvalue weighted by molar-refractivity contribution is 6.08. The molecule has 0 fully saturated rings. The van der Waals surface area contributed by atoms with Crippen LogP contribution < -0.4 is 5.32 Å². The van der Waals surface area contributed by atoms with Crippen LogP contribution in [0, 0.1) is 13.8 Å². The Balaban J connectivity index is 1.97. The van der Waals surface area contributed by atoms with Gasteiger partial charge in [-0.05, 0) is 19.9 Å². The van der Waals surface area contributed by atoms with E-state index in [0.717, 1.165) is 5.69 Å². The molecule has 3 heterocycles. The Kier molecular flexibility index (Phi) is 3.77. The zero-order valence-electron chi connectivity index (χ0n) is 13.5. The molecule has 3 aromatic heterocycles. The van der Waals surface area contributed by atoms with Crippen LogP contribution in [0.15, 0.2) is 24.5 Å². The zero-order valence-corrected chi connectivity index (χ0v) is 13.5. The molecule has 1 N–H and O–H groups in total. The first kappa shape index (κ1) is 15.1. The lowest BCUT2D eigenvalue weighted by molar-refractivity contribution is 0.102. The molecule has 7 nitrogen and oxygen atoms in total. The maximum absolute atomic E-state index is 12.6. The van der Waals surface area contributed by atoms with Crippen LogP contribution in [0.4, 0.5) is 5.82 Å². The molecule has 0 aliphatic heterocycles. The molecule has 0 aromatic carbocycles. The van der Waals surface area contributed by atoms with Gasteiger partial charge in [0.2, 0.25) is 0 Å². The molecule has 0 unspecified atom stereocenters. The standard InChI is InChI=1S/C16H18N6O/c1-9(2)14-18-10(3)8-12(19-14)20-16(23)13-11(4)21-22-7-5-6-17-15(13)22/h5-9H,1-4H3,(H,18,19,20,23). The Morgan fingerprint density at radius 2 is 2.04 bits per heavy atom. The molecular weight excluding hydrogens is 292 g/mol. The zero-order chi connectivity index (χ0) is 16.6. The summed E-state index contributed by atoms with van der Waals surface area (Å²) in [5.74, 6) is 1.10. The van der Waals surface area contributed by atoms with Crippen LogP contribution in [0.25, 0.3) is 5.65 Å². The maximum Gasteiger partial charge on any atom is 0.262 e. The summed E-state index contributed by atoms with van der Waals surface area (Å²) in [4.78, 5) is 25.7. The van der Waals surface area contributed by atoms with Crippen molar-refractivity contribution in [2.45, 2.75) is 33.6 Å². The number of aromatic nitrogens is 5. The van der Waals surface area contributed by atoms with Gasteiger partial charge >= 0.3 is 0 Å². The summed E-state index contributed by atoms with van der Waals surface area (Å²) in [6.45, 7) is 7.69. The van der Waals surface area contributed by atoms with Crippen molar-refractivity contribution in [3.63, 3.8) is 0 Å². The molecule has 0 saturated heterocycles. The molecule has 0 bridgehead atoms. The van der Waals surface area contributed by atoms with E-state index in [0.29, 0.717) is 28.5 Å². The largest absolute Gasteiger partial charge is 0.306 e. The van der Waals surface area contributed by atoms with Crippen molar-refractivity contribution in [1.29, 1.82) is 0 Å². The molecule has 0 radical (unpaired) electrons. The number of nitrogens with zero attached hydrogens (tertiary/aromatic N) is 5. The third-order valence-electron chi connectivity index (χ3n) is 3.43. The highest BCUT2D eigenvalue weighted by atomic mass is 16.1. The molecular formula is C16H18N6O. The SMILES string of the molecule is Cc1cc(NC(=O)c2c(C)nn3cccnc23)nc(C(C)C)n1. The van der Waals surface area contributed by atoms with Crippen molar-refractivity contribution in [2.75, 3.05) is 5.32 Å². The van der Waals surface area contributed by atoms with E-state index in [1.54, 1.807) is 36.0 Å². The Bertz CT molecular complexity index is 883. The van der Waals surface area contributed by atoms with Crippen molar-refractivity contribution in [3.05, 3.63) is 47.3 Å². The quantitative estimate of drug-likeness (QED) is 0.803. The van der Waals surface area contributed by atoms with E-state index in [-0.39, 0.29) is 11.8 Å². The molecule has 0 spiro atoms. The topological polar surface area (TPSA) is 85.1 Å². The van der Waals surface area contributed by atoms with Crippen LogP contribution in [-0.2, 0) is 0 Å². The predicted octanol–water partition coefficient (Wildman–Crippen LogP) is 2.51. The molecule has 1 amide bonds. The first-order valence-corrected chi connectivity index (χ1v) is 7.42. The number of hydrogen-bond donors (Lipinski definition) is 1. The van der Waals surface area contributed by atoms with Crippen molar-refractivity contribution < 1.29 is 4.79 Å². The fraction of sp³-hybridized carbons (Fsp3) is 0.312. The molecule has 23 heavy (non-hydrogen) atoms. The second-order valence-corrected chi connectivity index (χ2v) is 5.71. The predicted molar refractivity (Wildman–Crippen MR) is 86.5 cm³/mol. The summed E-state index contributed by atoms with van der Waals surface area (Å²) in [5, 5.41) is 7.13. The Morgan fingerprint density at radius 1 is 1.26 bits per heavy atom. The van der Waals surface area contributed by atoms with Gasteiger partial charge in [-0.3, -0.25) is 4.79 Å². The van der Waals surface area contributed by atoms with Gasteiger partial charge in [-0.2, -0.15) is 5.10 Å². The van der Waals surface area contributed by atoms with Gasteiger partial charge in [-0.15, -0.1) is 0 Å². The smallest absolute Gasteiger partial charge is 0.262 e. The van der Waals surface area contributed by atoms with Gasteiger partial charge in [-0.1, -0.05) is 13.8 Å². The lowest BCUT2D eigenvalue weighted by atomic mass is 10.2. The number of rotatable bonds is 3. The monoisotopic (exact) mass is 310 g/mol. The highest BCUT2D eigenvalue weighted by Crippen LogP contribution is 2.17.